The van der Waals surface area contributed by atoms with E-state index in [-0.39, 0.29) is 18.6 Å². The van der Waals surface area contributed by atoms with Crippen LogP contribution in [0.5, 0.6) is 11.5 Å². The predicted octanol–water partition coefficient (Wildman–Crippen LogP) is 3.23. The van der Waals surface area contributed by atoms with Gasteiger partial charge < -0.3 is 24.6 Å². The van der Waals surface area contributed by atoms with Crippen molar-refractivity contribution in [2.75, 3.05) is 38.3 Å². The van der Waals surface area contributed by atoms with Gasteiger partial charge in [0.05, 0.1) is 13.7 Å². The summed E-state index contributed by atoms with van der Waals surface area (Å²) in [5.74, 6) is 1.53. The Labute approximate surface area is 162 Å². The lowest BCUT2D eigenvalue weighted by molar-refractivity contribution is 0.110. The first kappa shape index (κ1) is 21.1. The smallest absolute Gasteiger partial charge is 0.123 e. The van der Waals surface area contributed by atoms with E-state index >= 15 is 0 Å². The minimum atomic E-state index is -0.688. The number of para-hydroxylation sites is 1. The quantitative estimate of drug-likeness (QED) is 0.707. The van der Waals surface area contributed by atoms with Crippen LogP contribution in [-0.4, -0.2) is 49.7 Å². The second-order valence-corrected chi connectivity index (χ2v) is 7.58. The van der Waals surface area contributed by atoms with Crippen LogP contribution in [0, 0.1) is 0 Å². The zero-order chi connectivity index (χ0) is 19.9. The van der Waals surface area contributed by atoms with Crippen molar-refractivity contribution in [2.24, 2.45) is 0 Å². The number of rotatable bonds is 9. The Balaban J connectivity index is 2.05. The van der Waals surface area contributed by atoms with Crippen molar-refractivity contribution in [1.29, 1.82) is 0 Å². The Bertz CT molecular complexity index is 697. The van der Waals surface area contributed by atoms with Crippen molar-refractivity contribution in [3.8, 4) is 11.5 Å². The van der Waals surface area contributed by atoms with Gasteiger partial charge in [-0.15, -0.1) is 0 Å². The van der Waals surface area contributed by atoms with E-state index in [9.17, 15) is 10.2 Å². The first-order chi connectivity index (χ1) is 12.8. The average Bonchev–Trinajstić information content (AvgIpc) is 2.66. The molecule has 0 heterocycles. The van der Waals surface area contributed by atoms with Crippen LogP contribution >= 0.6 is 0 Å². The van der Waals surface area contributed by atoms with Crippen molar-refractivity contribution in [3.63, 3.8) is 0 Å². The van der Waals surface area contributed by atoms with Gasteiger partial charge in [0.1, 0.15) is 24.2 Å². The zero-order valence-corrected chi connectivity index (χ0v) is 16.7. The Morgan fingerprint density at radius 3 is 2.37 bits per heavy atom. The summed E-state index contributed by atoms with van der Waals surface area (Å²) in [5, 5.41) is 19.8. The van der Waals surface area contributed by atoms with E-state index in [0.29, 0.717) is 13.1 Å². The number of benzene rings is 2. The summed E-state index contributed by atoms with van der Waals surface area (Å²) in [6.45, 7) is 7.37. The van der Waals surface area contributed by atoms with E-state index in [4.69, 9.17) is 9.47 Å². The molecule has 1 atom stereocenters. The third kappa shape index (κ3) is 6.15. The highest BCUT2D eigenvalue weighted by molar-refractivity contribution is 5.46. The fourth-order valence-electron chi connectivity index (χ4n) is 2.93. The summed E-state index contributed by atoms with van der Waals surface area (Å²) in [7, 11) is 1.64. The van der Waals surface area contributed by atoms with Crippen molar-refractivity contribution in [1.82, 2.24) is 0 Å². The maximum Gasteiger partial charge on any atom is 0.123 e. The molecular weight excluding hydrogens is 342 g/mol. The second-order valence-electron chi connectivity index (χ2n) is 7.58. The van der Waals surface area contributed by atoms with Gasteiger partial charge in [-0.2, -0.15) is 0 Å². The average molecular weight is 373 g/mol. The minimum absolute atomic E-state index is 0.0229. The van der Waals surface area contributed by atoms with Gasteiger partial charge in [-0.1, -0.05) is 39.0 Å². The van der Waals surface area contributed by atoms with Gasteiger partial charge in [0.2, 0.25) is 0 Å². The number of hydrogen-bond acceptors (Lipinski definition) is 5. The zero-order valence-electron chi connectivity index (χ0n) is 16.7. The van der Waals surface area contributed by atoms with Gasteiger partial charge in [-0.25, -0.2) is 0 Å². The number of aliphatic hydroxyl groups excluding tert-OH is 2. The summed E-state index contributed by atoms with van der Waals surface area (Å²) >= 11 is 0. The number of aliphatic hydroxyl groups is 2. The standard InChI is InChI=1S/C22H31NO4/c1-22(2,3)20-14-19(26-4)10-11-21(20)27-16-18(25)15-23(12-13-24)17-8-6-5-7-9-17/h5-11,14,18,24-25H,12-13,15-16H2,1-4H3. The maximum absolute atomic E-state index is 10.5. The lowest BCUT2D eigenvalue weighted by Gasteiger charge is -2.28. The first-order valence-electron chi connectivity index (χ1n) is 9.25. The van der Waals surface area contributed by atoms with Crippen LogP contribution in [0.25, 0.3) is 0 Å². The predicted molar refractivity (Wildman–Crippen MR) is 109 cm³/mol. The van der Waals surface area contributed by atoms with E-state index in [1.54, 1.807) is 7.11 Å². The largest absolute Gasteiger partial charge is 0.497 e. The Morgan fingerprint density at radius 2 is 1.78 bits per heavy atom. The van der Waals surface area contributed by atoms with E-state index < -0.39 is 6.10 Å². The molecule has 2 N–H and O–H groups in total. The monoisotopic (exact) mass is 373 g/mol. The maximum atomic E-state index is 10.5. The summed E-state index contributed by atoms with van der Waals surface area (Å²) in [6, 6.07) is 15.5. The summed E-state index contributed by atoms with van der Waals surface area (Å²) in [6.07, 6.45) is -0.688. The van der Waals surface area contributed by atoms with Crippen molar-refractivity contribution < 1.29 is 19.7 Å². The van der Waals surface area contributed by atoms with Crippen LogP contribution in [0.15, 0.2) is 48.5 Å². The molecule has 0 radical (unpaired) electrons. The Kier molecular flexibility index (Phi) is 7.51. The van der Waals surface area contributed by atoms with E-state index in [1.165, 1.54) is 0 Å². The van der Waals surface area contributed by atoms with Crippen LogP contribution in [0.3, 0.4) is 0 Å². The molecule has 0 saturated heterocycles. The molecule has 0 spiro atoms. The van der Waals surface area contributed by atoms with Gasteiger partial charge in [0.15, 0.2) is 0 Å². The van der Waals surface area contributed by atoms with Crippen LogP contribution in [0.4, 0.5) is 5.69 Å². The molecule has 0 bridgehead atoms. The molecule has 0 saturated carbocycles. The minimum Gasteiger partial charge on any atom is -0.497 e. The van der Waals surface area contributed by atoms with Crippen LogP contribution in [-0.2, 0) is 5.41 Å². The Morgan fingerprint density at radius 1 is 1.07 bits per heavy atom. The van der Waals surface area contributed by atoms with Gasteiger partial charge in [0.25, 0.3) is 0 Å². The van der Waals surface area contributed by atoms with Crippen LogP contribution in [0.2, 0.25) is 0 Å². The molecular formula is C22H31NO4. The molecule has 5 heteroatoms. The second kappa shape index (κ2) is 9.62. The molecule has 0 aromatic heterocycles. The highest BCUT2D eigenvalue weighted by Gasteiger charge is 2.21. The fraction of sp³-hybridized carbons (Fsp3) is 0.455. The Hall–Kier alpha value is -2.24. The highest BCUT2D eigenvalue weighted by atomic mass is 16.5. The summed E-state index contributed by atoms with van der Waals surface area (Å²) in [5.41, 5.74) is 1.89. The molecule has 2 rings (SSSR count). The van der Waals surface area contributed by atoms with Crippen LogP contribution < -0.4 is 14.4 Å². The van der Waals surface area contributed by atoms with Crippen LogP contribution in [0.1, 0.15) is 26.3 Å². The summed E-state index contributed by atoms with van der Waals surface area (Å²) in [4.78, 5) is 1.95. The third-order valence-electron chi connectivity index (χ3n) is 4.35. The van der Waals surface area contributed by atoms with E-state index in [1.807, 2.05) is 53.4 Å². The van der Waals surface area contributed by atoms with Crippen molar-refractivity contribution in [3.05, 3.63) is 54.1 Å². The first-order valence-corrected chi connectivity index (χ1v) is 9.25. The molecule has 148 valence electrons. The molecule has 0 aliphatic carbocycles. The normalized spacial score (nSPS) is 12.5. The van der Waals surface area contributed by atoms with Gasteiger partial charge >= 0.3 is 0 Å². The molecule has 0 aliphatic heterocycles. The highest BCUT2D eigenvalue weighted by Crippen LogP contribution is 2.34. The topological polar surface area (TPSA) is 62.2 Å². The number of anilines is 1. The lowest BCUT2D eigenvalue weighted by atomic mass is 9.86. The van der Waals surface area contributed by atoms with E-state index in [2.05, 4.69) is 20.8 Å². The molecule has 0 amide bonds. The van der Waals surface area contributed by atoms with Crippen molar-refractivity contribution in [2.45, 2.75) is 32.3 Å². The van der Waals surface area contributed by atoms with Gasteiger partial charge in [-0.3, -0.25) is 0 Å². The fourth-order valence-corrected chi connectivity index (χ4v) is 2.93. The number of hydrogen-bond donors (Lipinski definition) is 2. The third-order valence-corrected chi connectivity index (χ3v) is 4.35. The SMILES string of the molecule is COc1ccc(OCC(O)CN(CCO)c2ccccc2)c(C(C)(C)C)c1. The molecule has 2 aromatic carbocycles. The summed E-state index contributed by atoms with van der Waals surface area (Å²) < 4.78 is 11.3. The van der Waals surface area contributed by atoms with Crippen molar-refractivity contribution >= 4 is 5.69 Å². The number of nitrogens with zero attached hydrogens (tertiary/aromatic N) is 1. The van der Waals surface area contributed by atoms with E-state index in [0.717, 1.165) is 22.7 Å². The number of methoxy groups -OCH3 is 1. The van der Waals surface area contributed by atoms with Gasteiger partial charge in [0, 0.05) is 24.3 Å². The molecule has 27 heavy (non-hydrogen) atoms. The molecule has 0 fully saturated rings. The number of ether oxygens (including phenoxy) is 2. The molecule has 2 aromatic rings. The lowest BCUT2D eigenvalue weighted by Crippen LogP contribution is -2.37. The molecule has 0 aliphatic rings. The van der Waals surface area contributed by atoms with Gasteiger partial charge in [-0.05, 0) is 35.7 Å². The molecule has 5 nitrogen and oxygen atoms in total. The molecule has 1 unspecified atom stereocenters.